The van der Waals surface area contributed by atoms with Gasteiger partial charge in [-0.05, 0) is 0 Å². The monoisotopic (exact) mass is 222 g/mol. The van der Waals surface area contributed by atoms with Gasteiger partial charge in [0.05, 0.1) is 6.61 Å². The first-order valence-corrected chi connectivity index (χ1v) is 4.16. The fourth-order valence-corrected chi connectivity index (χ4v) is 0.934. The molecule has 5 N–H and O–H groups in total. The predicted octanol–water partition coefficient (Wildman–Crippen LogP) is -3.23. The summed E-state index contributed by atoms with van der Waals surface area (Å²) in [5.41, 5.74) is 0. The normalized spacial score (nSPS) is 19.6. The van der Waals surface area contributed by atoms with Gasteiger partial charge in [0.15, 0.2) is 0 Å². The molecule has 0 unspecified atom stereocenters. The molecule has 0 heterocycles. The molecule has 1 amide bonds. The van der Waals surface area contributed by atoms with Crippen molar-refractivity contribution in [3.05, 3.63) is 0 Å². The average Bonchev–Trinajstić information content (AvgIpc) is 2.32. The Kier molecular flexibility index (Phi) is 5.19. The smallest absolute Gasteiger partial charge is 0.217 e. The Balaban J connectivity index is 4.45. The summed E-state index contributed by atoms with van der Waals surface area (Å²) in [5, 5.41) is 38.1. The second-order valence-electron chi connectivity index (χ2n) is 2.96. The first-order chi connectivity index (χ1) is 7.47. The van der Waals surface area contributed by atoms with Gasteiger partial charge in [0.1, 0.15) is 30.6 Å². The number of carbonyl (C=O) groups excluding carboxylic acids is 2. The van der Waals surface area contributed by atoms with Gasteiger partial charge in [0.25, 0.3) is 0 Å². The lowest BCUT2D eigenvalue weighted by atomic mass is 10.0. The summed E-state index contributed by atoms with van der Waals surface area (Å²) in [5.74, 6) is -0.804. The molecule has 88 valence electrons. The van der Waals surface area contributed by atoms with E-state index in [1.54, 1.807) is 0 Å². The molecule has 7 nitrogen and oxygen atoms in total. The highest BCUT2D eigenvalue weighted by molar-refractivity contribution is 5.77. The highest BCUT2D eigenvalue weighted by Crippen LogP contribution is 2.03. The van der Waals surface area contributed by atoms with E-state index in [2.05, 4.69) is 0 Å². The fraction of sp³-hybridized carbons (Fsp3) is 0.750. The van der Waals surface area contributed by atoms with E-state index in [0.29, 0.717) is 0 Å². The first-order valence-electron chi connectivity index (χ1n) is 4.87. The van der Waals surface area contributed by atoms with Crippen molar-refractivity contribution in [1.29, 1.82) is 0 Å². The van der Waals surface area contributed by atoms with Gasteiger partial charge in [-0.25, -0.2) is 0 Å². The number of hydrogen-bond acceptors (Lipinski definition) is 6. The molecule has 0 rings (SSSR count). The van der Waals surface area contributed by atoms with Crippen LogP contribution in [0.25, 0.3) is 0 Å². The number of aliphatic hydroxyl groups is 4. The van der Waals surface area contributed by atoms with Gasteiger partial charge in [0.2, 0.25) is 5.91 Å². The molecule has 7 heteroatoms. The van der Waals surface area contributed by atoms with Crippen LogP contribution in [0.1, 0.15) is 8.27 Å². The van der Waals surface area contributed by atoms with Crippen LogP contribution in [-0.4, -0.2) is 63.6 Å². The molecule has 0 aromatic heterocycles. The van der Waals surface area contributed by atoms with Crippen molar-refractivity contribution in [1.82, 2.24) is 5.32 Å². The Hall–Kier alpha value is -1.02. The summed E-state index contributed by atoms with van der Waals surface area (Å²) in [6.07, 6.45) is -4.97. The SMILES string of the molecule is [2H]CC(=O)N[C@@H](C=O)[C@@H](O)[C@@H](O)[C@H](O)CO. The Labute approximate surface area is 87.7 Å². The number of carbonyl (C=O) groups is 2. The molecular formula is C8H15NO6. The van der Waals surface area contributed by atoms with E-state index in [9.17, 15) is 19.8 Å². The number of aldehydes is 1. The van der Waals surface area contributed by atoms with E-state index in [0.717, 1.165) is 0 Å². The Morgan fingerprint density at radius 2 is 2.07 bits per heavy atom. The standard InChI is InChI=1S/C8H15NO6/c1-4(12)9-5(2-10)7(14)8(15)6(13)3-11/h2,5-8,11,13-15H,3H2,1H3,(H,9,12)/t5-,6+,7+,8-/m0/s1/i1D. The van der Waals surface area contributed by atoms with Crippen LogP contribution in [0.3, 0.4) is 0 Å². The van der Waals surface area contributed by atoms with Crippen molar-refractivity contribution in [3.63, 3.8) is 0 Å². The molecule has 0 aromatic rings. The number of amides is 1. The summed E-state index contributed by atoms with van der Waals surface area (Å²) in [6, 6.07) is -1.44. The van der Waals surface area contributed by atoms with Crippen LogP contribution in [-0.2, 0) is 9.59 Å². The number of aliphatic hydroxyl groups excluding tert-OH is 4. The van der Waals surface area contributed by atoms with Crippen LogP contribution in [0, 0.1) is 0 Å². The van der Waals surface area contributed by atoms with Crippen LogP contribution < -0.4 is 5.32 Å². The fourth-order valence-electron chi connectivity index (χ4n) is 0.934. The van der Waals surface area contributed by atoms with Gasteiger partial charge < -0.3 is 30.5 Å². The van der Waals surface area contributed by atoms with Crippen LogP contribution in [0.2, 0.25) is 0 Å². The first kappa shape index (κ1) is 12.1. The quantitative estimate of drug-likeness (QED) is 0.301. The molecule has 0 spiro atoms. The van der Waals surface area contributed by atoms with Gasteiger partial charge in [0, 0.05) is 8.27 Å². The maximum absolute atomic E-state index is 10.8. The highest BCUT2D eigenvalue weighted by atomic mass is 16.4. The lowest BCUT2D eigenvalue weighted by Crippen LogP contribution is -2.53. The second kappa shape index (κ2) is 6.46. The third-order valence-corrected chi connectivity index (χ3v) is 1.77. The van der Waals surface area contributed by atoms with Crippen LogP contribution in [0.4, 0.5) is 0 Å². The second-order valence-corrected chi connectivity index (χ2v) is 2.96. The molecule has 0 aromatic carbocycles. The summed E-state index contributed by atoms with van der Waals surface area (Å²) in [7, 11) is 0. The zero-order valence-electron chi connectivity index (χ0n) is 8.91. The average molecular weight is 222 g/mol. The van der Waals surface area contributed by atoms with Crippen molar-refractivity contribution in [2.75, 3.05) is 6.61 Å². The molecule has 0 fully saturated rings. The van der Waals surface area contributed by atoms with E-state index >= 15 is 0 Å². The number of hydrogen-bond donors (Lipinski definition) is 5. The molecule has 0 aliphatic heterocycles. The zero-order chi connectivity index (χ0) is 12.7. The number of rotatable bonds is 6. The van der Waals surface area contributed by atoms with Crippen molar-refractivity contribution in [2.45, 2.75) is 31.3 Å². The molecule has 0 radical (unpaired) electrons. The van der Waals surface area contributed by atoms with Crippen molar-refractivity contribution in [3.8, 4) is 0 Å². The van der Waals surface area contributed by atoms with Crippen LogP contribution in [0.5, 0.6) is 0 Å². The van der Waals surface area contributed by atoms with Crippen molar-refractivity contribution in [2.24, 2.45) is 0 Å². The van der Waals surface area contributed by atoms with Crippen molar-refractivity contribution < 1.29 is 31.4 Å². The maximum atomic E-state index is 10.8. The molecule has 15 heavy (non-hydrogen) atoms. The third kappa shape index (κ3) is 4.34. The molecule has 0 bridgehead atoms. The Morgan fingerprint density at radius 1 is 1.47 bits per heavy atom. The molecule has 0 saturated carbocycles. The predicted molar refractivity (Wildman–Crippen MR) is 48.8 cm³/mol. The molecule has 4 atom stereocenters. The molecule has 0 aliphatic rings. The summed E-state index contributed by atoms with van der Waals surface area (Å²) >= 11 is 0. The van der Waals surface area contributed by atoms with E-state index in [1.165, 1.54) is 0 Å². The lowest BCUT2D eigenvalue weighted by Gasteiger charge is -2.25. The highest BCUT2D eigenvalue weighted by Gasteiger charge is 2.31. The third-order valence-electron chi connectivity index (χ3n) is 1.77. The van der Waals surface area contributed by atoms with Gasteiger partial charge in [-0.15, -0.1) is 0 Å². The minimum atomic E-state index is -1.77. The van der Waals surface area contributed by atoms with Crippen LogP contribution >= 0.6 is 0 Å². The largest absolute Gasteiger partial charge is 0.394 e. The Bertz CT molecular complexity index is 239. The minimum Gasteiger partial charge on any atom is -0.394 e. The van der Waals surface area contributed by atoms with Crippen LogP contribution in [0.15, 0.2) is 0 Å². The van der Waals surface area contributed by atoms with E-state index in [1.807, 2.05) is 5.32 Å². The molecule has 0 saturated heterocycles. The van der Waals surface area contributed by atoms with E-state index < -0.39 is 43.8 Å². The summed E-state index contributed by atoms with van der Waals surface area (Å²) in [6.45, 7) is -1.42. The lowest BCUT2D eigenvalue weighted by molar-refractivity contribution is -0.129. The van der Waals surface area contributed by atoms with E-state index in [4.69, 9.17) is 11.6 Å². The molecular weight excluding hydrogens is 206 g/mol. The topological polar surface area (TPSA) is 127 Å². The Morgan fingerprint density at radius 3 is 2.47 bits per heavy atom. The summed E-state index contributed by atoms with van der Waals surface area (Å²) in [4.78, 5) is 21.3. The van der Waals surface area contributed by atoms with Gasteiger partial charge in [-0.3, -0.25) is 4.79 Å². The van der Waals surface area contributed by atoms with Gasteiger partial charge in [-0.1, -0.05) is 0 Å². The minimum absolute atomic E-state index is 0.172. The van der Waals surface area contributed by atoms with Gasteiger partial charge in [-0.2, -0.15) is 0 Å². The van der Waals surface area contributed by atoms with Gasteiger partial charge >= 0.3 is 0 Å². The number of nitrogens with one attached hydrogen (secondary N) is 1. The van der Waals surface area contributed by atoms with E-state index in [-0.39, 0.29) is 6.29 Å². The summed E-state index contributed by atoms with van der Waals surface area (Å²) < 4.78 is 6.68. The van der Waals surface area contributed by atoms with Crippen molar-refractivity contribution >= 4 is 12.2 Å². The molecule has 0 aliphatic carbocycles. The zero-order valence-corrected chi connectivity index (χ0v) is 7.91. The maximum Gasteiger partial charge on any atom is 0.217 e.